The predicted octanol–water partition coefficient (Wildman–Crippen LogP) is 14.3. The molecule has 2 aromatic heterocycles. The highest BCUT2D eigenvalue weighted by molar-refractivity contribution is 7.25. The highest BCUT2D eigenvalue weighted by atomic mass is 32.1. The summed E-state index contributed by atoms with van der Waals surface area (Å²) in [5.74, 6) is 1.02. The van der Waals surface area contributed by atoms with Crippen molar-refractivity contribution in [3.05, 3.63) is 211 Å². The number of nitrogens with zero attached hydrogens (tertiary/aromatic N) is 1. The van der Waals surface area contributed by atoms with Gasteiger partial charge in [-0.2, -0.15) is 0 Å². The third-order valence-electron chi connectivity index (χ3n) is 11.7. The van der Waals surface area contributed by atoms with E-state index in [-0.39, 0.29) is 0 Å². The fraction of sp³-hybridized carbons (Fsp3) is 0.0196. The standard InChI is InChI=1S/C51H31NOS/c1-2-14-34(15-3-1)52(36-26-27-40-39-19-7-11-24-47(39)54-48(40)31-36)35-16-12-13-32(29-35)33-25-28-45-42(30-33)49-41-20-6-10-23-46(41)53-50(49)51(45)43-21-8-4-17-37(43)38-18-5-9-22-44(38)51/h1-31H. The average Bonchev–Trinajstić information content (AvgIpc) is 3.96. The Morgan fingerprint density at radius 3 is 1.87 bits per heavy atom. The number of furan rings is 1. The summed E-state index contributed by atoms with van der Waals surface area (Å²) in [6.45, 7) is 0. The maximum atomic E-state index is 6.98. The molecule has 0 bridgehead atoms. The molecule has 0 unspecified atom stereocenters. The molecule has 10 aromatic rings. The number of hydrogen-bond donors (Lipinski definition) is 0. The first kappa shape index (κ1) is 29.9. The Balaban J connectivity index is 1.05. The smallest absolute Gasteiger partial charge is 0.135 e. The van der Waals surface area contributed by atoms with E-state index in [0.717, 1.165) is 33.8 Å². The van der Waals surface area contributed by atoms with Crippen molar-refractivity contribution in [2.75, 3.05) is 4.90 Å². The molecular formula is C51H31NOS. The summed E-state index contributed by atoms with van der Waals surface area (Å²) >= 11 is 1.86. The molecular weight excluding hydrogens is 675 g/mol. The van der Waals surface area contributed by atoms with Crippen molar-refractivity contribution in [1.82, 2.24) is 0 Å². The van der Waals surface area contributed by atoms with Gasteiger partial charge < -0.3 is 9.32 Å². The van der Waals surface area contributed by atoms with Gasteiger partial charge in [-0.05, 0) is 99.1 Å². The molecule has 2 heterocycles. The van der Waals surface area contributed by atoms with Crippen molar-refractivity contribution < 1.29 is 4.42 Å². The van der Waals surface area contributed by atoms with Gasteiger partial charge in [0.1, 0.15) is 16.8 Å². The van der Waals surface area contributed by atoms with Crippen LogP contribution in [0.15, 0.2) is 192 Å². The van der Waals surface area contributed by atoms with Crippen LogP contribution in [0, 0.1) is 0 Å². The van der Waals surface area contributed by atoms with Gasteiger partial charge in [-0.15, -0.1) is 11.3 Å². The number of rotatable bonds is 4. The van der Waals surface area contributed by atoms with E-state index in [9.17, 15) is 0 Å². The van der Waals surface area contributed by atoms with Gasteiger partial charge >= 0.3 is 0 Å². The zero-order valence-electron chi connectivity index (χ0n) is 29.2. The summed E-state index contributed by atoms with van der Waals surface area (Å²) < 4.78 is 9.59. The minimum Gasteiger partial charge on any atom is -0.459 e. The van der Waals surface area contributed by atoms with Crippen molar-refractivity contribution in [2.45, 2.75) is 5.41 Å². The summed E-state index contributed by atoms with van der Waals surface area (Å²) in [5, 5.41) is 3.77. The maximum Gasteiger partial charge on any atom is 0.135 e. The highest BCUT2D eigenvalue weighted by Gasteiger charge is 2.54. The lowest BCUT2D eigenvalue weighted by Crippen LogP contribution is -2.25. The molecule has 0 amide bonds. The third-order valence-corrected chi connectivity index (χ3v) is 12.8. The highest BCUT2D eigenvalue weighted by Crippen LogP contribution is 2.64. The van der Waals surface area contributed by atoms with Crippen LogP contribution in [0.5, 0.6) is 0 Å². The Bertz CT molecular complexity index is 3090. The molecule has 0 atom stereocenters. The van der Waals surface area contributed by atoms with Gasteiger partial charge in [0.2, 0.25) is 0 Å². The van der Waals surface area contributed by atoms with E-state index in [4.69, 9.17) is 4.42 Å². The van der Waals surface area contributed by atoms with Gasteiger partial charge in [-0.3, -0.25) is 0 Å². The van der Waals surface area contributed by atoms with Gasteiger partial charge in [-0.1, -0.05) is 133 Å². The summed E-state index contributed by atoms with van der Waals surface area (Å²) in [4.78, 5) is 2.38. The van der Waals surface area contributed by atoms with E-state index in [0.29, 0.717) is 0 Å². The van der Waals surface area contributed by atoms with Gasteiger partial charge in [0.25, 0.3) is 0 Å². The third kappa shape index (κ3) is 3.99. The second-order valence-electron chi connectivity index (χ2n) is 14.4. The molecule has 1 spiro atoms. The SMILES string of the molecule is c1ccc(N(c2cccc(-c3ccc4c(c3)-c3c(oc5ccccc35)C43c4ccccc4-c4ccccc43)c2)c2ccc3c(c2)sc2ccccc23)cc1. The van der Waals surface area contributed by atoms with Crippen LogP contribution < -0.4 is 4.90 Å². The molecule has 0 radical (unpaired) electrons. The largest absolute Gasteiger partial charge is 0.459 e. The van der Waals surface area contributed by atoms with E-state index in [1.807, 2.05) is 11.3 Å². The number of benzene rings is 8. The summed E-state index contributed by atoms with van der Waals surface area (Å²) in [5.41, 5.74) is 15.0. The topological polar surface area (TPSA) is 16.4 Å². The first-order valence-corrected chi connectivity index (χ1v) is 19.3. The van der Waals surface area contributed by atoms with Crippen molar-refractivity contribution in [2.24, 2.45) is 0 Å². The van der Waals surface area contributed by atoms with E-state index in [2.05, 4.69) is 193 Å². The Labute approximate surface area is 316 Å². The molecule has 0 aliphatic heterocycles. The van der Waals surface area contributed by atoms with Crippen LogP contribution in [0.25, 0.3) is 64.5 Å². The fourth-order valence-corrected chi connectivity index (χ4v) is 10.6. The molecule has 0 fully saturated rings. The second kappa shape index (κ2) is 11.2. The first-order valence-electron chi connectivity index (χ1n) is 18.5. The van der Waals surface area contributed by atoms with Crippen LogP contribution in [0.4, 0.5) is 17.1 Å². The van der Waals surface area contributed by atoms with E-state index < -0.39 is 5.41 Å². The lowest BCUT2D eigenvalue weighted by molar-refractivity contribution is 0.507. The zero-order valence-corrected chi connectivity index (χ0v) is 30.0. The molecule has 54 heavy (non-hydrogen) atoms. The maximum absolute atomic E-state index is 6.98. The monoisotopic (exact) mass is 705 g/mol. The van der Waals surface area contributed by atoms with Crippen molar-refractivity contribution >= 4 is 59.5 Å². The minimum absolute atomic E-state index is 0.521. The van der Waals surface area contributed by atoms with Gasteiger partial charge in [0.15, 0.2) is 0 Å². The first-order chi connectivity index (χ1) is 26.8. The molecule has 2 aliphatic rings. The molecule has 252 valence electrons. The summed E-state index contributed by atoms with van der Waals surface area (Å²) in [6, 6.07) is 68.7. The Hall–Kier alpha value is -6.68. The molecule has 0 saturated carbocycles. The normalized spacial score (nSPS) is 13.3. The Morgan fingerprint density at radius 2 is 1.04 bits per heavy atom. The van der Waals surface area contributed by atoms with Gasteiger partial charge in [0.05, 0.1) is 0 Å². The van der Waals surface area contributed by atoms with Gasteiger partial charge in [0, 0.05) is 48.2 Å². The van der Waals surface area contributed by atoms with E-state index >= 15 is 0 Å². The van der Waals surface area contributed by atoms with Crippen molar-refractivity contribution in [3.8, 4) is 33.4 Å². The van der Waals surface area contributed by atoms with E-state index in [1.54, 1.807) is 0 Å². The van der Waals surface area contributed by atoms with Crippen LogP contribution >= 0.6 is 11.3 Å². The number of para-hydroxylation sites is 2. The van der Waals surface area contributed by atoms with Crippen molar-refractivity contribution in [1.29, 1.82) is 0 Å². The molecule has 0 saturated heterocycles. The minimum atomic E-state index is -0.521. The number of fused-ring (bicyclic) bond motifs is 15. The molecule has 12 rings (SSSR count). The van der Waals surface area contributed by atoms with Crippen LogP contribution in [0.2, 0.25) is 0 Å². The number of thiophene rings is 1. The molecule has 0 N–H and O–H groups in total. The van der Waals surface area contributed by atoms with Crippen LogP contribution in [-0.4, -0.2) is 0 Å². The molecule has 3 heteroatoms. The zero-order chi connectivity index (χ0) is 35.4. The quantitative estimate of drug-likeness (QED) is 0.181. The molecule has 8 aromatic carbocycles. The van der Waals surface area contributed by atoms with Crippen molar-refractivity contribution in [3.63, 3.8) is 0 Å². The summed E-state index contributed by atoms with van der Waals surface area (Å²) in [6.07, 6.45) is 0. The van der Waals surface area contributed by atoms with E-state index in [1.165, 1.54) is 70.2 Å². The fourth-order valence-electron chi connectivity index (χ4n) is 9.43. The lowest BCUT2D eigenvalue weighted by atomic mass is 9.73. The summed E-state index contributed by atoms with van der Waals surface area (Å²) in [7, 11) is 0. The van der Waals surface area contributed by atoms with Gasteiger partial charge in [-0.25, -0.2) is 0 Å². The number of anilines is 3. The lowest BCUT2D eigenvalue weighted by Gasteiger charge is -2.28. The Morgan fingerprint density at radius 1 is 0.407 bits per heavy atom. The predicted molar refractivity (Wildman–Crippen MR) is 226 cm³/mol. The van der Waals surface area contributed by atoms with Crippen LogP contribution in [0.3, 0.4) is 0 Å². The average molecular weight is 706 g/mol. The Kier molecular flexibility index (Phi) is 6.17. The number of hydrogen-bond acceptors (Lipinski definition) is 3. The van der Waals surface area contributed by atoms with Crippen LogP contribution in [0.1, 0.15) is 22.5 Å². The molecule has 2 nitrogen and oxygen atoms in total. The second-order valence-corrected chi connectivity index (χ2v) is 15.5. The van der Waals surface area contributed by atoms with Crippen LogP contribution in [-0.2, 0) is 5.41 Å². The molecule has 2 aliphatic carbocycles.